The summed E-state index contributed by atoms with van der Waals surface area (Å²) < 4.78 is 0. The van der Waals surface area contributed by atoms with Crippen LogP contribution in [0.15, 0.2) is 18.2 Å². The molecular formula is C23H32O3. The minimum atomic E-state index is -0.879. The van der Waals surface area contributed by atoms with Gasteiger partial charge in [0.1, 0.15) is 5.75 Å². The lowest BCUT2D eigenvalue weighted by Gasteiger charge is -2.56. The molecule has 5 rings (SSSR count). The van der Waals surface area contributed by atoms with E-state index in [-0.39, 0.29) is 11.3 Å². The molecule has 3 nitrogen and oxygen atoms in total. The van der Waals surface area contributed by atoms with Crippen LogP contribution in [0.4, 0.5) is 0 Å². The molecule has 0 bridgehead atoms. The zero-order valence-electron chi connectivity index (χ0n) is 16.0. The molecule has 4 unspecified atom stereocenters. The highest BCUT2D eigenvalue weighted by Gasteiger charge is 2.70. The van der Waals surface area contributed by atoms with Crippen LogP contribution >= 0.6 is 0 Å². The monoisotopic (exact) mass is 356 g/mol. The first-order valence-electron chi connectivity index (χ1n) is 10.6. The number of aromatic hydroxyl groups is 1. The van der Waals surface area contributed by atoms with Gasteiger partial charge in [-0.3, -0.25) is 0 Å². The van der Waals surface area contributed by atoms with E-state index in [2.05, 4.69) is 19.9 Å². The van der Waals surface area contributed by atoms with Crippen molar-refractivity contribution in [3.05, 3.63) is 29.3 Å². The minimum absolute atomic E-state index is 0.156. The number of fused-ring (bicyclic) bond motifs is 7. The van der Waals surface area contributed by atoms with Crippen molar-refractivity contribution in [3.63, 3.8) is 0 Å². The Hall–Kier alpha value is -1.06. The predicted octanol–water partition coefficient (Wildman–Crippen LogP) is 4.00. The normalized spacial score (nSPS) is 49.2. The van der Waals surface area contributed by atoms with Crippen LogP contribution in [0.5, 0.6) is 5.75 Å². The molecule has 3 saturated carbocycles. The van der Waals surface area contributed by atoms with E-state index in [4.69, 9.17) is 0 Å². The molecule has 3 heteroatoms. The maximum absolute atomic E-state index is 11.7. The number of hydrogen-bond donors (Lipinski definition) is 3. The van der Waals surface area contributed by atoms with Gasteiger partial charge in [0.05, 0.1) is 11.7 Å². The Morgan fingerprint density at radius 1 is 1.19 bits per heavy atom. The van der Waals surface area contributed by atoms with Crippen molar-refractivity contribution in [2.45, 2.75) is 76.4 Å². The van der Waals surface area contributed by atoms with Crippen LogP contribution in [0.2, 0.25) is 0 Å². The van der Waals surface area contributed by atoms with E-state index in [0.717, 1.165) is 44.9 Å². The van der Waals surface area contributed by atoms with E-state index >= 15 is 0 Å². The molecule has 8 atom stereocenters. The van der Waals surface area contributed by atoms with Crippen molar-refractivity contribution in [1.82, 2.24) is 0 Å². The van der Waals surface area contributed by atoms with Crippen molar-refractivity contribution in [3.8, 4) is 5.75 Å². The van der Waals surface area contributed by atoms with E-state index in [1.54, 1.807) is 0 Å². The number of hydrogen-bond acceptors (Lipinski definition) is 3. The summed E-state index contributed by atoms with van der Waals surface area (Å²) in [7, 11) is 0. The highest BCUT2D eigenvalue weighted by Crippen LogP contribution is 2.70. The molecule has 4 aliphatic carbocycles. The van der Waals surface area contributed by atoms with Crippen LogP contribution in [0.3, 0.4) is 0 Å². The van der Waals surface area contributed by atoms with Gasteiger partial charge in [0.25, 0.3) is 0 Å². The van der Waals surface area contributed by atoms with Gasteiger partial charge >= 0.3 is 0 Å². The molecule has 0 spiro atoms. The van der Waals surface area contributed by atoms with Crippen LogP contribution < -0.4 is 0 Å². The summed E-state index contributed by atoms with van der Waals surface area (Å²) in [5, 5.41) is 32.3. The first-order chi connectivity index (χ1) is 12.4. The lowest BCUT2D eigenvalue weighted by molar-refractivity contribution is -0.166. The van der Waals surface area contributed by atoms with E-state index in [1.165, 1.54) is 11.1 Å². The summed E-state index contributed by atoms with van der Waals surface area (Å²) >= 11 is 0. The van der Waals surface area contributed by atoms with Crippen molar-refractivity contribution < 1.29 is 15.3 Å². The molecule has 0 aromatic heterocycles. The fourth-order valence-electron chi connectivity index (χ4n) is 7.96. The fraction of sp³-hybridized carbons (Fsp3) is 0.739. The molecule has 1 aromatic rings. The van der Waals surface area contributed by atoms with Gasteiger partial charge in [-0.25, -0.2) is 0 Å². The molecule has 142 valence electrons. The minimum Gasteiger partial charge on any atom is -0.508 e. The molecule has 0 aliphatic heterocycles. The number of benzene rings is 1. The second kappa shape index (κ2) is 5.48. The van der Waals surface area contributed by atoms with Crippen molar-refractivity contribution >= 4 is 0 Å². The quantitative estimate of drug-likeness (QED) is 0.713. The van der Waals surface area contributed by atoms with E-state index in [9.17, 15) is 15.3 Å². The number of rotatable bonds is 1. The fourth-order valence-corrected chi connectivity index (χ4v) is 7.96. The first-order valence-corrected chi connectivity index (χ1v) is 10.6. The number of aliphatic hydroxyl groups is 2. The maximum atomic E-state index is 11.7. The molecule has 3 fully saturated rings. The van der Waals surface area contributed by atoms with Crippen LogP contribution in [0.25, 0.3) is 0 Å². The van der Waals surface area contributed by atoms with Gasteiger partial charge in [-0.2, -0.15) is 0 Å². The standard InChI is InChI=1S/C23H32O3/c1-3-13-10-14-11-16(24)5-6-17(14)18-8-9-22(2)19(21(13)18)12-15-4-7-20(25)23(15,22)26/h5-6,11,13,15,18-21,24-26H,3-4,7-10,12H2,1-2H3/t13?,15-,18?,19?,20+,21?,22+,23-/m1/s1. The Bertz CT molecular complexity index is 730. The average molecular weight is 357 g/mol. The lowest BCUT2D eigenvalue weighted by Crippen LogP contribution is -2.57. The number of phenols is 1. The van der Waals surface area contributed by atoms with Crippen molar-refractivity contribution in [2.75, 3.05) is 0 Å². The third-order valence-corrected chi connectivity index (χ3v) is 9.17. The molecule has 0 saturated heterocycles. The summed E-state index contributed by atoms with van der Waals surface area (Å²) in [5.74, 6) is 2.90. The third kappa shape index (κ3) is 1.91. The van der Waals surface area contributed by atoms with Gasteiger partial charge in [-0.05, 0) is 91.4 Å². The second-order valence-electron chi connectivity index (χ2n) is 9.85. The third-order valence-electron chi connectivity index (χ3n) is 9.17. The molecule has 4 aliphatic rings. The maximum Gasteiger partial charge on any atom is 0.115 e. The Labute approximate surface area is 156 Å². The van der Waals surface area contributed by atoms with E-state index < -0.39 is 11.7 Å². The number of phenolic OH excluding ortho intramolecular Hbond substituents is 1. The summed E-state index contributed by atoms with van der Waals surface area (Å²) in [4.78, 5) is 0. The largest absolute Gasteiger partial charge is 0.508 e. The second-order valence-corrected chi connectivity index (χ2v) is 9.85. The van der Waals surface area contributed by atoms with Gasteiger partial charge in [0, 0.05) is 5.41 Å². The SMILES string of the molecule is CCC1Cc2cc(O)ccc2C2CC[C@@]3(C)C(C[C@H]4CC[C@H](O)[C@]43O)C12. The molecule has 0 radical (unpaired) electrons. The molecule has 0 heterocycles. The Kier molecular flexibility index (Phi) is 3.60. The highest BCUT2D eigenvalue weighted by molar-refractivity contribution is 5.41. The Balaban J connectivity index is 1.59. The highest BCUT2D eigenvalue weighted by atomic mass is 16.3. The Morgan fingerprint density at radius 3 is 2.77 bits per heavy atom. The van der Waals surface area contributed by atoms with Gasteiger partial charge in [0.15, 0.2) is 0 Å². The predicted molar refractivity (Wildman–Crippen MR) is 101 cm³/mol. The van der Waals surface area contributed by atoms with Crippen LogP contribution in [-0.2, 0) is 6.42 Å². The molecule has 0 amide bonds. The molecule has 26 heavy (non-hydrogen) atoms. The smallest absolute Gasteiger partial charge is 0.115 e. The van der Waals surface area contributed by atoms with E-state index in [1.807, 2.05) is 12.1 Å². The molecule has 3 N–H and O–H groups in total. The zero-order chi connectivity index (χ0) is 18.3. The number of aliphatic hydroxyl groups excluding tert-OH is 1. The van der Waals surface area contributed by atoms with Crippen molar-refractivity contribution in [1.29, 1.82) is 0 Å². The Morgan fingerprint density at radius 2 is 2.00 bits per heavy atom. The first kappa shape index (κ1) is 17.1. The topological polar surface area (TPSA) is 60.7 Å². The summed E-state index contributed by atoms with van der Waals surface area (Å²) in [5.41, 5.74) is 1.73. The average Bonchev–Trinajstić information content (AvgIpc) is 3.04. The van der Waals surface area contributed by atoms with Gasteiger partial charge in [-0.15, -0.1) is 0 Å². The zero-order valence-corrected chi connectivity index (χ0v) is 16.0. The molecule has 1 aromatic carbocycles. The van der Waals surface area contributed by atoms with Crippen LogP contribution in [0.1, 0.15) is 69.4 Å². The van der Waals surface area contributed by atoms with Crippen LogP contribution in [-0.4, -0.2) is 27.0 Å². The van der Waals surface area contributed by atoms with Gasteiger partial charge in [0.2, 0.25) is 0 Å². The lowest BCUT2D eigenvalue weighted by atomic mass is 9.50. The summed E-state index contributed by atoms with van der Waals surface area (Å²) in [6.45, 7) is 4.57. The molecular weight excluding hydrogens is 324 g/mol. The summed E-state index contributed by atoms with van der Waals surface area (Å²) in [6.07, 6.45) is 6.54. The van der Waals surface area contributed by atoms with E-state index in [0.29, 0.717) is 29.4 Å². The van der Waals surface area contributed by atoms with Crippen LogP contribution in [0, 0.1) is 29.1 Å². The van der Waals surface area contributed by atoms with Gasteiger partial charge in [-0.1, -0.05) is 26.3 Å². The van der Waals surface area contributed by atoms with Crippen molar-refractivity contribution in [2.24, 2.45) is 29.1 Å². The summed E-state index contributed by atoms with van der Waals surface area (Å²) in [6, 6.07) is 5.97. The van der Waals surface area contributed by atoms with Gasteiger partial charge < -0.3 is 15.3 Å².